The van der Waals surface area contributed by atoms with Gasteiger partial charge in [0.15, 0.2) is 5.16 Å². The SMILES string of the molecule is CCC(Sc1nc2cc(Cl)ccc2c(=O)n1Cc1ccco1)C(N)=O. The second kappa shape index (κ2) is 7.33. The first-order valence-electron chi connectivity index (χ1n) is 7.68. The van der Waals surface area contributed by atoms with Crippen LogP contribution < -0.4 is 11.3 Å². The molecule has 0 fully saturated rings. The first kappa shape index (κ1) is 17.6. The molecular formula is C17H16ClN3O3S. The van der Waals surface area contributed by atoms with Crippen LogP contribution in [0.25, 0.3) is 10.9 Å². The summed E-state index contributed by atoms with van der Waals surface area (Å²) in [6.45, 7) is 2.07. The fraction of sp³-hybridized carbons (Fsp3) is 0.235. The third-order valence-corrected chi connectivity index (χ3v) is 5.32. The second-order valence-electron chi connectivity index (χ2n) is 5.44. The Morgan fingerprint density at radius 3 is 2.88 bits per heavy atom. The minimum Gasteiger partial charge on any atom is -0.467 e. The summed E-state index contributed by atoms with van der Waals surface area (Å²) in [4.78, 5) is 29.1. The van der Waals surface area contributed by atoms with Crippen molar-refractivity contribution in [3.8, 4) is 0 Å². The van der Waals surface area contributed by atoms with E-state index < -0.39 is 11.2 Å². The Balaban J connectivity index is 2.16. The van der Waals surface area contributed by atoms with Crippen LogP contribution in [0.5, 0.6) is 0 Å². The van der Waals surface area contributed by atoms with E-state index in [9.17, 15) is 9.59 Å². The maximum atomic E-state index is 12.9. The van der Waals surface area contributed by atoms with Gasteiger partial charge in [-0.25, -0.2) is 4.98 Å². The van der Waals surface area contributed by atoms with E-state index in [1.54, 1.807) is 36.6 Å². The lowest BCUT2D eigenvalue weighted by atomic mass is 10.2. The zero-order valence-electron chi connectivity index (χ0n) is 13.4. The van der Waals surface area contributed by atoms with Gasteiger partial charge in [-0.15, -0.1) is 0 Å². The number of nitrogens with zero attached hydrogens (tertiary/aromatic N) is 2. The Kier molecular flexibility index (Phi) is 5.15. The number of benzene rings is 1. The number of carbonyl (C=O) groups excluding carboxylic acids is 1. The largest absolute Gasteiger partial charge is 0.467 e. The van der Waals surface area contributed by atoms with Gasteiger partial charge in [0, 0.05) is 5.02 Å². The topological polar surface area (TPSA) is 91.1 Å². The van der Waals surface area contributed by atoms with Gasteiger partial charge in [-0.05, 0) is 36.8 Å². The molecule has 6 nitrogen and oxygen atoms in total. The van der Waals surface area contributed by atoms with Gasteiger partial charge in [0.05, 0.1) is 29.0 Å². The first-order chi connectivity index (χ1) is 12.0. The number of primary amides is 1. The third-order valence-electron chi connectivity index (χ3n) is 3.71. The average Bonchev–Trinajstić information content (AvgIpc) is 3.08. The van der Waals surface area contributed by atoms with Gasteiger partial charge >= 0.3 is 0 Å². The molecule has 8 heteroatoms. The third kappa shape index (κ3) is 3.72. The molecule has 0 aliphatic carbocycles. The molecule has 0 aliphatic rings. The van der Waals surface area contributed by atoms with Crippen LogP contribution in [-0.2, 0) is 11.3 Å². The van der Waals surface area contributed by atoms with Gasteiger partial charge in [0.25, 0.3) is 5.56 Å². The van der Waals surface area contributed by atoms with Crippen LogP contribution in [0.3, 0.4) is 0 Å². The van der Waals surface area contributed by atoms with Crippen LogP contribution in [0.1, 0.15) is 19.1 Å². The van der Waals surface area contributed by atoms with Crippen molar-refractivity contribution in [2.45, 2.75) is 30.3 Å². The van der Waals surface area contributed by atoms with Crippen LogP contribution in [0.15, 0.2) is 51.0 Å². The number of fused-ring (bicyclic) bond motifs is 1. The number of carbonyl (C=O) groups is 1. The Bertz CT molecular complexity index is 969. The highest BCUT2D eigenvalue weighted by atomic mass is 35.5. The van der Waals surface area contributed by atoms with Crippen molar-refractivity contribution in [2.24, 2.45) is 5.73 Å². The van der Waals surface area contributed by atoms with Crippen LogP contribution in [-0.4, -0.2) is 20.7 Å². The maximum Gasteiger partial charge on any atom is 0.262 e. The molecule has 2 N–H and O–H groups in total. The molecule has 1 unspecified atom stereocenters. The van der Waals surface area contributed by atoms with E-state index >= 15 is 0 Å². The van der Waals surface area contributed by atoms with Crippen molar-refractivity contribution in [1.82, 2.24) is 9.55 Å². The van der Waals surface area contributed by atoms with Crippen molar-refractivity contribution in [1.29, 1.82) is 0 Å². The summed E-state index contributed by atoms with van der Waals surface area (Å²) in [5.41, 5.74) is 5.70. The number of hydrogen-bond acceptors (Lipinski definition) is 5. The standard InChI is InChI=1S/C17H16ClN3O3S/c1-2-14(15(19)22)25-17-20-13-8-10(18)5-6-12(13)16(23)21(17)9-11-4-3-7-24-11/h3-8,14H,2,9H2,1H3,(H2,19,22). The highest BCUT2D eigenvalue weighted by Crippen LogP contribution is 2.26. The maximum absolute atomic E-state index is 12.9. The minimum atomic E-state index is -0.480. The fourth-order valence-corrected chi connectivity index (χ4v) is 3.56. The monoisotopic (exact) mass is 377 g/mol. The zero-order valence-corrected chi connectivity index (χ0v) is 15.0. The van der Waals surface area contributed by atoms with Crippen LogP contribution in [0, 0.1) is 0 Å². The number of thioether (sulfide) groups is 1. The van der Waals surface area contributed by atoms with Crippen molar-refractivity contribution >= 4 is 40.2 Å². The Morgan fingerprint density at radius 2 is 2.24 bits per heavy atom. The lowest BCUT2D eigenvalue weighted by molar-refractivity contribution is -0.117. The van der Waals surface area contributed by atoms with Crippen LogP contribution >= 0.6 is 23.4 Å². The van der Waals surface area contributed by atoms with E-state index in [0.717, 1.165) is 0 Å². The van der Waals surface area contributed by atoms with Gasteiger partial charge in [0.1, 0.15) is 5.76 Å². The van der Waals surface area contributed by atoms with Gasteiger partial charge < -0.3 is 10.2 Å². The van der Waals surface area contributed by atoms with Gasteiger partial charge in [0.2, 0.25) is 5.91 Å². The Morgan fingerprint density at radius 1 is 1.44 bits per heavy atom. The minimum absolute atomic E-state index is 0.217. The molecule has 3 rings (SSSR count). The van der Waals surface area contributed by atoms with E-state index in [1.807, 2.05) is 6.92 Å². The van der Waals surface area contributed by atoms with Crippen molar-refractivity contribution in [3.63, 3.8) is 0 Å². The molecule has 0 saturated carbocycles. The van der Waals surface area contributed by atoms with Gasteiger partial charge in [-0.3, -0.25) is 14.2 Å². The highest BCUT2D eigenvalue weighted by Gasteiger charge is 2.20. The molecule has 130 valence electrons. The second-order valence-corrected chi connectivity index (χ2v) is 7.05. The molecule has 25 heavy (non-hydrogen) atoms. The van der Waals surface area contributed by atoms with Crippen LogP contribution in [0.4, 0.5) is 0 Å². The molecule has 2 aromatic heterocycles. The average molecular weight is 378 g/mol. The fourth-order valence-electron chi connectivity index (χ4n) is 2.43. The van der Waals surface area contributed by atoms with E-state index in [4.69, 9.17) is 21.8 Å². The first-order valence-corrected chi connectivity index (χ1v) is 8.93. The molecule has 0 saturated heterocycles. The number of rotatable bonds is 6. The molecular weight excluding hydrogens is 362 g/mol. The molecule has 0 radical (unpaired) electrons. The molecule has 1 atom stereocenters. The molecule has 0 bridgehead atoms. The lowest BCUT2D eigenvalue weighted by Crippen LogP contribution is -2.28. The van der Waals surface area contributed by atoms with E-state index in [-0.39, 0.29) is 12.1 Å². The van der Waals surface area contributed by atoms with Crippen molar-refractivity contribution in [2.75, 3.05) is 0 Å². The summed E-state index contributed by atoms with van der Waals surface area (Å²) in [5, 5.41) is 0.863. The number of halogens is 1. The Labute approximate surface area is 153 Å². The van der Waals surface area contributed by atoms with Crippen LogP contribution in [0.2, 0.25) is 5.02 Å². The molecule has 1 aromatic carbocycles. The Hall–Kier alpha value is -2.25. The number of nitrogens with two attached hydrogens (primary N) is 1. The summed E-state index contributed by atoms with van der Waals surface area (Å²) in [6.07, 6.45) is 2.07. The molecule has 2 heterocycles. The molecule has 3 aromatic rings. The van der Waals surface area contributed by atoms with Crippen molar-refractivity contribution < 1.29 is 9.21 Å². The predicted molar refractivity (Wildman–Crippen MR) is 98.0 cm³/mol. The van der Waals surface area contributed by atoms with E-state index in [1.165, 1.54) is 16.3 Å². The molecule has 0 aliphatic heterocycles. The predicted octanol–water partition coefficient (Wildman–Crippen LogP) is 3.05. The lowest BCUT2D eigenvalue weighted by Gasteiger charge is -2.15. The van der Waals surface area contributed by atoms with E-state index in [2.05, 4.69) is 4.98 Å². The molecule has 1 amide bonds. The number of aromatic nitrogens is 2. The summed E-state index contributed by atoms with van der Waals surface area (Å²) >= 11 is 7.19. The number of hydrogen-bond donors (Lipinski definition) is 1. The normalized spacial score (nSPS) is 12.4. The molecule has 0 spiro atoms. The van der Waals surface area contributed by atoms with Gasteiger partial charge in [-0.1, -0.05) is 30.3 Å². The summed E-state index contributed by atoms with van der Waals surface area (Å²) < 4.78 is 6.84. The summed E-state index contributed by atoms with van der Waals surface area (Å²) in [7, 11) is 0. The highest BCUT2D eigenvalue weighted by molar-refractivity contribution is 8.00. The number of amides is 1. The number of furan rings is 1. The van der Waals surface area contributed by atoms with Gasteiger partial charge in [-0.2, -0.15) is 0 Å². The van der Waals surface area contributed by atoms with E-state index in [0.29, 0.717) is 33.3 Å². The zero-order chi connectivity index (χ0) is 18.0. The quantitative estimate of drug-likeness (QED) is 0.526. The smallest absolute Gasteiger partial charge is 0.262 e. The van der Waals surface area contributed by atoms with Crippen molar-refractivity contribution in [3.05, 3.63) is 57.7 Å². The summed E-state index contributed by atoms with van der Waals surface area (Å²) in [6, 6.07) is 8.45. The summed E-state index contributed by atoms with van der Waals surface area (Å²) in [5.74, 6) is 0.170.